The third-order valence-electron chi connectivity index (χ3n) is 10.3. The average molecular weight is 962 g/mol. The molecule has 3 N–H and O–H groups in total. The first-order valence-electron chi connectivity index (χ1n) is 26.3. The standard InChI is InChI=1S/C59H96NO7P/c1-3-5-7-9-11-13-15-17-19-21-23-25-27-28-29-31-33-35-37-39-41-43-45-47-49-51-54-64-56-58(57-66-68(62,63)65-55-53-60)67-59(61)52-50-48-46-44-42-40-38-36-34-32-30-26-24-22-20-18-16-14-12-10-8-6-4-2/h5-8,11-14,17-20,23-26,28-29,32-35,39,41,58H,3-4,9-10,15-16,21-22,27,30-31,36-38,40,42-57,60H2,1-2H3,(H,62,63)/b7-5-,8-6-,13-11-,14-12-,19-17-,20-18-,25-23-,26-24-,29-28-,34-32-,35-33-,41-39-. The third-order valence-corrected chi connectivity index (χ3v) is 11.2. The number of phosphoric ester groups is 1. The molecule has 2 unspecified atom stereocenters. The van der Waals surface area contributed by atoms with Crippen LogP contribution in [0.3, 0.4) is 0 Å². The summed E-state index contributed by atoms with van der Waals surface area (Å²) >= 11 is 0. The maximum atomic E-state index is 12.7. The lowest BCUT2D eigenvalue weighted by Gasteiger charge is -2.20. The van der Waals surface area contributed by atoms with Crippen LogP contribution >= 0.6 is 7.82 Å². The molecule has 0 aliphatic heterocycles. The highest BCUT2D eigenvalue weighted by molar-refractivity contribution is 7.47. The summed E-state index contributed by atoms with van der Waals surface area (Å²) in [6, 6.07) is 0. The van der Waals surface area contributed by atoms with E-state index in [-0.39, 0.29) is 38.8 Å². The molecule has 0 fully saturated rings. The molecule has 0 aliphatic rings. The highest BCUT2D eigenvalue weighted by Crippen LogP contribution is 2.43. The van der Waals surface area contributed by atoms with Crippen LogP contribution < -0.4 is 5.73 Å². The zero-order valence-corrected chi connectivity index (χ0v) is 43.7. The minimum absolute atomic E-state index is 0.0829. The molecule has 0 radical (unpaired) electrons. The van der Waals surface area contributed by atoms with Crippen LogP contribution in [0.4, 0.5) is 0 Å². The molecule has 0 aromatic heterocycles. The third kappa shape index (κ3) is 53.3. The van der Waals surface area contributed by atoms with E-state index in [9.17, 15) is 14.3 Å². The Morgan fingerprint density at radius 3 is 1.16 bits per heavy atom. The average Bonchev–Trinajstić information content (AvgIpc) is 3.33. The van der Waals surface area contributed by atoms with E-state index in [1.165, 1.54) is 19.3 Å². The highest BCUT2D eigenvalue weighted by atomic mass is 31.2. The van der Waals surface area contributed by atoms with Crippen molar-refractivity contribution >= 4 is 13.8 Å². The van der Waals surface area contributed by atoms with Gasteiger partial charge in [-0.3, -0.25) is 13.8 Å². The molecule has 8 nitrogen and oxygen atoms in total. The minimum atomic E-state index is -4.31. The fourth-order valence-corrected chi connectivity index (χ4v) is 7.24. The number of esters is 1. The van der Waals surface area contributed by atoms with Crippen molar-refractivity contribution < 1.29 is 32.8 Å². The largest absolute Gasteiger partial charge is 0.472 e. The second-order valence-electron chi connectivity index (χ2n) is 16.6. The van der Waals surface area contributed by atoms with Crippen molar-refractivity contribution in [2.75, 3.05) is 33.0 Å². The number of carbonyl (C=O) groups is 1. The van der Waals surface area contributed by atoms with Gasteiger partial charge in [0.1, 0.15) is 6.10 Å². The van der Waals surface area contributed by atoms with Crippen molar-refractivity contribution in [2.24, 2.45) is 5.73 Å². The molecular weight excluding hydrogens is 866 g/mol. The van der Waals surface area contributed by atoms with Gasteiger partial charge in [0.25, 0.3) is 0 Å². The van der Waals surface area contributed by atoms with Gasteiger partial charge >= 0.3 is 13.8 Å². The summed E-state index contributed by atoms with van der Waals surface area (Å²) in [6.07, 6.45) is 78.8. The number of carbonyl (C=O) groups excluding carboxylic acids is 1. The van der Waals surface area contributed by atoms with Gasteiger partial charge in [-0.05, 0) is 116 Å². The molecule has 2 atom stereocenters. The maximum Gasteiger partial charge on any atom is 0.472 e. The normalized spacial score (nSPS) is 14.5. The van der Waals surface area contributed by atoms with Gasteiger partial charge in [0.15, 0.2) is 0 Å². The van der Waals surface area contributed by atoms with E-state index in [4.69, 9.17) is 24.3 Å². The minimum Gasteiger partial charge on any atom is -0.457 e. The Morgan fingerprint density at radius 1 is 0.441 bits per heavy atom. The van der Waals surface area contributed by atoms with Crippen LogP contribution in [0.2, 0.25) is 0 Å². The van der Waals surface area contributed by atoms with Crippen LogP contribution in [0, 0.1) is 0 Å². The predicted molar refractivity (Wildman–Crippen MR) is 293 cm³/mol. The molecule has 0 spiro atoms. The van der Waals surface area contributed by atoms with Crippen molar-refractivity contribution in [3.05, 3.63) is 146 Å². The zero-order chi connectivity index (χ0) is 49.4. The zero-order valence-electron chi connectivity index (χ0n) is 42.8. The smallest absolute Gasteiger partial charge is 0.457 e. The number of allylic oxidation sites excluding steroid dienone is 24. The van der Waals surface area contributed by atoms with E-state index < -0.39 is 13.9 Å². The molecule has 0 amide bonds. The molecule has 0 heterocycles. The first-order valence-corrected chi connectivity index (χ1v) is 27.8. The number of nitrogens with two attached hydrogens (primary N) is 1. The molecule has 0 saturated heterocycles. The van der Waals surface area contributed by atoms with Crippen LogP contribution in [0.1, 0.15) is 181 Å². The molecule has 0 saturated carbocycles. The van der Waals surface area contributed by atoms with E-state index in [2.05, 4.69) is 160 Å². The van der Waals surface area contributed by atoms with Gasteiger partial charge < -0.3 is 20.1 Å². The molecule has 384 valence electrons. The summed E-state index contributed by atoms with van der Waals surface area (Å²) in [4.78, 5) is 22.6. The summed E-state index contributed by atoms with van der Waals surface area (Å²) in [5, 5.41) is 0. The van der Waals surface area contributed by atoms with Gasteiger partial charge in [0.2, 0.25) is 0 Å². The molecule has 9 heteroatoms. The Labute approximate surface area is 416 Å². The highest BCUT2D eigenvalue weighted by Gasteiger charge is 2.25. The van der Waals surface area contributed by atoms with Gasteiger partial charge in [-0.1, -0.05) is 205 Å². The van der Waals surface area contributed by atoms with Gasteiger partial charge in [0, 0.05) is 19.6 Å². The van der Waals surface area contributed by atoms with Gasteiger partial charge in [0.05, 0.1) is 19.8 Å². The molecule has 0 aliphatic carbocycles. The van der Waals surface area contributed by atoms with Gasteiger partial charge in [-0.2, -0.15) is 0 Å². The summed E-state index contributed by atoms with van der Waals surface area (Å²) in [7, 11) is -4.31. The van der Waals surface area contributed by atoms with Crippen molar-refractivity contribution in [2.45, 2.75) is 187 Å². The predicted octanol–water partition coefficient (Wildman–Crippen LogP) is 16.9. The fourth-order valence-electron chi connectivity index (χ4n) is 6.47. The topological polar surface area (TPSA) is 117 Å². The van der Waals surface area contributed by atoms with Gasteiger partial charge in [-0.25, -0.2) is 4.57 Å². The molecule has 0 aromatic rings. The van der Waals surface area contributed by atoms with E-state index >= 15 is 0 Å². The van der Waals surface area contributed by atoms with Gasteiger partial charge in [-0.15, -0.1) is 0 Å². The number of hydrogen-bond donors (Lipinski definition) is 2. The van der Waals surface area contributed by atoms with E-state index in [0.29, 0.717) is 6.61 Å². The molecule has 0 aromatic carbocycles. The summed E-state index contributed by atoms with van der Waals surface area (Å²) in [5.41, 5.74) is 5.39. The van der Waals surface area contributed by atoms with Crippen LogP contribution in [0.5, 0.6) is 0 Å². The van der Waals surface area contributed by atoms with Crippen molar-refractivity contribution in [3.63, 3.8) is 0 Å². The number of phosphoric acid groups is 1. The summed E-state index contributed by atoms with van der Waals surface area (Å²) in [6.45, 7) is 4.58. The van der Waals surface area contributed by atoms with E-state index in [0.717, 1.165) is 141 Å². The Kier molecular flexibility index (Phi) is 51.4. The second kappa shape index (κ2) is 54.3. The first-order chi connectivity index (χ1) is 33.4. The van der Waals surface area contributed by atoms with Crippen molar-refractivity contribution in [3.8, 4) is 0 Å². The monoisotopic (exact) mass is 962 g/mol. The Balaban J connectivity index is 4.09. The second-order valence-corrected chi connectivity index (χ2v) is 18.1. The number of unbranched alkanes of at least 4 members (excludes halogenated alkanes) is 11. The Hall–Kier alpha value is -3.62. The number of ether oxygens (including phenoxy) is 2. The quantitative estimate of drug-likeness (QED) is 0.0268. The maximum absolute atomic E-state index is 12.7. The van der Waals surface area contributed by atoms with Crippen LogP contribution in [-0.2, 0) is 27.9 Å². The molecule has 0 bridgehead atoms. The van der Waals surface area contributed by atoms with Crippen LogP contribution in [0.15, 0.2) is 146 Å². The Morgan fingerprint density at radius 2 is 0.779 bits per heavy atom. The lowest BCUT2D eigenvalue weighted by molar-refractivity contribution is -0.154. The molecule has 68 heavy (non-hydrogen) atoms. The van der Waals surface area contributed by atoms with Crippen LogP contribution in [-0.4, -0.2) is 49.9 Å². The van der Waals surface area contributed by atoms with E-state index in [1.54, 1.807) is 0 Å². The van der Waals surface area contributed by atoms with E-state index in [1.807, 2.05) is 0 Å². The SMILES string of the molecule is CC/C=C\C/C=C\C/C=C\C/C=C\C/C=C\C/C=C\C/C=C\CCCCCCOCC(COP(=O)(O)OCCN)OC(=O)CCCCCCCCC/C=C\C/C=C\C/C=C\C/C=C\C/C=C\CC. The summed E-state index contributed by atoms with van der Waals surface area (Å²) < 4.78 is 33.6. The summed E-state index contributed by atoms with van der Waals surface area (Å²) in [5.74, 6) is -0.358. The van der Waals surface area contributed by atoms with Crippen molar-refractivity contribution in [1.29, 1.82) is 0 Å². The van der Waals surface area contributed by atoms with Crippen molar-refractivity contribution in [1.82, 2.24) is 0 Å². The molecule has 0 rings (SSSR count). The first kappa shape index (κ1) is 64.4. The lowest BCUT2D eigenvalue weighted by Crippen LogP contribution is -2.28. The van der Waals surface area contributed by atoms with Crippen LogP contribution in [0.25, 0.3) is 0 Å². The number of hydrogen-bond acceptors (Lipinski definition) is 7. The number of rotatable bonds is 48. The lowest BCUT2D eigenvalue weighted by atomic mass is 10.1. The fraction of sp³-hybridized carbons (Fsp3) is 0.576. The Bertz CT molecular complexity index is 1550. The molecular formula is C59H96NO7P.